The quantitative estimate of drug-likeness (QED) is 0.872. The molecule has 0 saturated heterocycles. The molecule has 1 heterocycles. The summed E-state index contributed by atoms with van der Waals surface area (Å²) in [5.41, 5.74) is 2.55. The fraction of sp³-hybridized carbons (Fsp3) is 0.333. The number of aryl methyl sites for hydroxylation is 1. The number of amides is 2. The molecule has 2 amide bonds. The Labute approximate surface area is 111 Å². The maximum absolute atomic E-state index is 11.6. The fourth-order valence-electron chi connectivity index (χ4n) is 1.62. The van der Waals surface area contributed by atoms with Gasteiger partial charge in [-0.15, -0.1) is 5.10 Å². The molecule has 0 spiro atoms. The van der Waals surface area contributed by atoms with Crippen molar-refractivity contribution in [3.63, 3.8) is 0 Å². The number of benzene rings is 1. The second kappa shape index (κ2) is 5.94. The van der Waals surface area contributed by atoms with Gasteiger partial charge in [-0.3, -0.25) is 0 Å². The molecule has 0 unspecified atom stereocenters. The largest absolute Gasteiger partial charge is 0.338 e. The van der Waals surface area contributed by atoms with Crippen molar-refractivity contribution in [2.75, 3.05) is 11.9 Å². The molecule has 0 aliphatic carbocycles. The van der Waals surface area contributed by atoms with Gasteiger partial charge in [-0.25, -0.2) is 9.48 Å². The highest BCUT2D eigenvalue weighted by atomic mass is 16.2. The highest BCUT2D eigenvalue weighted by Gasteiger charge is 2.06. The molecule has 100 valence electrons. The van der Waals surface area contributed by atoms with Crippen molar-refractivity contribution in [3.8, 4) is 5.69 Å². The molecule has 0 fully saturated rings. The van der Waals surface area contributed by atoms with Gasteiger partial charge in [0.05, 0.1) is 5.69 Å². The average molecular weight is 260 g/mol. The lowest BCUT2D eigenvalue weighted by Gasteiger charge is -2.10. The average Bonchev–Trinajstić information content (AvgIpc) is 2.92. The summed E-state index contributed by atoms with van der Waals surface area (Å²) in [5.74, 6) is 0. The summed E-state index contributed by atoms with van der Waals surface area (Å²) in [5, 5.41) is 16.6. The highest BCUT2D eigenvalue weighted by Crippen LogP contribution is 2.18. The predicted octanol–water partition coefficient (Wildman–Crippen LogP) is 1.50. The van der Waals surface area contributed by atoms with Gasteiger partial charge in [0.2, 0.25) is 0 Å². The van der Waals surface area contributed by atoms with Crippen molar-refractivity contribution >= 4 is 11.7 Å². The van der Waals surface area contributed by atoms with Crippen LogP contribution in [0, 0.1) is 6.92 Å². The van der Waals surface area contributed by atoms with Gasteiger partial charge < -0.3 is 10.6 Å². The van der Waals surface area contributed by atoms with Gasteiger partial charge in [0.1, 0.15) is 6.33 Å². The van der Waals surface area contributed by atoms with Crippen LogP contribution in [0.2, 0.25) is 0 Å². The lowest BCUT2D eigenvalue weighted by Crippen LogP contribution is -2.29. The second-order valence-corrected chi connectivity index (χ2v) is 4.14. The van der Waals surface area contributed by atoms with Gasteiger partial charge in [0, 0.05) is 12.2 Å². The first-order valence-corrected chi connectivity index (χ1v) is 6.09. The minimum atomic E-state index is -0.214. The van der Waals surface area contributed by atoms with E-state index < -0.39 is 0 Å². The van der Waals surface area contributed by atoms with Crippen LogP contribution < -0.4 is 10.6 Å². The van der Waals surface area contributed by atoms with E-state index in [4.69, 9.17) is 0 Å². The van der Waals surface area contributed by atoms with Crippen LogP contribution in [0.4, 0.5) is 10.5 Å². The lowest BCUT2D eigenvalue weighted by atomic mass is 10.2. The smallest absolute Gasteiger partial charge is 0.319 e. The van der Waals surface area contributed by atoms with E-state index in [-0.39, 0.29) is 6.03 Å². The van der Waals surface area contributed by atoms with E-state index in [1.54, 1.807) is 4.68 Å². The van der Waals surface area contributed by atoms with Crippen LogP contribution in [-0.4, -0.2) is 32.8 Å². The van der Waals surface area contributed by atoms with E-state index in [9.17, 15) is 4.79 Å². The van der Waals surface area contributed by atoms with Crippen molar-refractivity contribution < 1.29 is 4.79 Å². The third kappa shape index (κ3) is 3.27. The van der Waals surface area contributed by atoms with E-state index in [2.05, 4.69) is 26.2 Å². The summed E-state index contributed by atoms with van der Waals surface area (Å²) in [6, 6.07) is 5.37. The number of rotatable bonds is 4. The Bertz CT molecular complexity index is 551. The summed E-state index contributed by atoms with van der Waals surface area (Å²) in [4.78, 5) is 11.6. The van der Waals surface area contributed by atoms with Crippen molar-refractivity contribution in [2.45, 2.75) is 20.3 Å². The van der Waals surface area contributed by atoms with E-state index in [1.165, 1.54) is 6.33 Å². The minimum Gasteiger partial charge on any atom is -0.338 e. The first kappa shape index (κ1) is 13.0. The zero-order chi connectivity index (χ0) is 13.7. The van der Waals surface area contributed by atoms with Gasteiger partial charge in [-0.1, -0.05) is 13.0 Å². The molecule has 2 rings (SSSR count). The van der Waals surface area contributed by atoms with E-state index >= 15 is 0 Å². The first-order valence-electron chi connectivity index (χ1n) is 6.09. The molecule has 0 atom stereocenters. The molecule has 0 saturated carbocycles. The molecule has 7 heteroatoms. The standard InChI is InChI=1S/C12H16N6O/c1-3-6-13-12(19)15-10-5-4-9(2)11(7-10)18-8-14-16-17-18/h4-5,7-8H,3,6H2,1-2H3,(H2,13,15,19). The number of tetrazole rings is 1. The van der Waals surface area contributed by atoms with Crippen molar-refractivity contribution in [1.82, 2.24) is 25.5 Å². The second-order valence-electron chi connectivity index (χ2n) is 4.14. The Kier molecular flexibility index (Phi) is 4.07. The molecule has 2 aromatic rings. The van der Waals surface area contributed by atoms with Crippen LogP contribution in [0.5, 0.6) is 0 Å². The summed E-state index contributed by atoms with van der Waals surface area (Å²) in [7, 11) is 0. The number of carbonyl (C=O) groups excluding carboxylic acids is 1. The Balaban J connectivity index is 2.15. The summed E-state index contributed by atoms with van der Waals surface area (Å²) >= 11 is 0. The number of anilines is 1. The van der Waals surface area contributed by atoms with Crippen LogP contribution in [0.15, 0.2) is 24.5 Å². The fourth-order valence-corrected chi connectivity index (χ4v) is 1.62. The number of aromatic nitrogens is 4. The lowest BCUT2D eigenvalue weighted by molar-refractivity contribution is 0.252. The van der Waals surface area contributed by atoms with E-state index in [1.807, 2.05) is 32.0 Å². The van der Waals surface area contributed by atoms with Crippen LogP contribution in [0.3, 0.4) is 0 Å². The Morgan fingerprint density at radius 1 is 1.42 bits per heavy atom. The van der Waals surface area contributed by atoms with Gasteiger partial charge in [-0.05, 0) is 41.5 Å². The first-order chi connectivity index (χ1) is 9.20. The Morgan fingerprint density at radius 2 is 2.26 bits per heavy atom. The van der Waals surface area contributed by atoms with Crippen LogP contribution in [0.25, 0.3) is 5.69 Å². The number of nitrogens with one attached hydrogen (secondary N) is 2. The van der Waals surface area contributed by atoms with Gasteiger partial charge in [-0.2, -0.15) is 0 Å². The molecule has 0 aliphatic heterocycles. The van der Waals surface area contributed by atoms with E-state index in [0.717, 1.165) is 17.7 Å². The molecule has 1 aromatic heterocycles. The number of urea groups is 1. The molecular formula is C12H16N6O. The maximum atomic E-state index is 11.6. The molecule has 2 N–H and O–H groups in total. The van der Waals surface area contributed by atoms with Crippen molar-refractivity contribution in [1.29, 1.82) is 0 Å². The molecule has 0 radical (unpaired) electrons. The monoisotopic (exact) mass is 260 g/mol. The normalized spacial score (nSPS) is 10.2. The summed E-state index contributed by atoms with van der Waals surface area (Å²) in [6.07, 6.45) is 2.42. The Morgan fingerprint density at radius 3 is 2.95 bits per heavy atom. The minimum absolute atomic E-state index is 0.214. The maximum Gasteiger partial charge on any atom is 0.319 e. The zero-order valence-corrected chi connectivity index (χ0v) is 10.9. The van der Waals surface area contributed by atoms with Crippen molar-refractivity contribution in [3.05, 3.63) is 30.1 Å². The van der Waals surface area contributed by atoms with Crippen LogP contribution in [-0.2, 0) is 0 Å². The van der Waals surface area contributed by atoms with Gasteiger partial charge in [0.15, 0.2) is 0 Å². The number of carbonyl (C=O) groups is 1. The topological polar surface area (TPSA) is 84.7 Å². The number of nitrogens with zero attached hydrogens (tertiary/aromatic N) is 4. The molecule has 0 aliphatic rings. The third-order valence-electron chi connectivity index (χ3n) is 2.60. The highest BCUT2D eigenvalue weighted by molar-refractivity contribution is 5.89. The molecule has 1 aromatic carbocycles. The van der Waals surface area contributed by atoms with Crippen molar-refractivity contribution in [2.24, 2.45) is 0 Å². The summed E-state index contributed by atoms with van der Waals surface area (Å²) in [6.45, 7) is 4.61. The van der Waals surface area contributed by atoms with Crippen LogP contribution in [0.1, 0.15) is 18.9 Å². The molecule has 7 nitrogen and oxygen atoms in total. The molecule has 19 heavy (non-hydrogen) atoms. The summed E-state index contributed by atoms with van der Waals surface area (Å²) < 4.78 is 1.56. The Hall–Kier alpha value is -2.44. The van der Waals surface area contributed by atoms with Gasteiger partial charge >= 0.3 is 6.03 Å². The SMILES string of the molecule is CCCNC(=O)Nc1ccc(C)c(-n2cnnn2)c1. The van der Waals surface area contributed by atoms with Crippen LogP contribution >= 0.6 is 0 Å². The third-order valence-corrected chi connectivity index (χ3v) is 2.60. The van der Waals surface area contributed by atoms with E-state index in [0.29, 0.717) is 12.2 Å². The number of hydrogen-bond donors (Lipinski definition) is 2. The molecular weight excluding hydrogens is 244 g/mol. The van der Waals surface area contributed by atoms with Gasteiger partial charge in [0.25, 0.3) is 0 Å². The molecule has 0 bridgehead atoms. The predicted molar refractivity (Wildman–Crippen MR) is 71.2 cm³/mol. The number of hydrogen-bond acceptors (Lipinski definition) is 4. The zero-order valence-electron chi connectivity index (χ0n) is 10.9.